The van der Waals surface area contributed by atoms with Crippen molar-refractivity contribution in [2.75, 3.05) is 32.7 Å². The predicted octanol–water partition coefficient (Wildman–Crippen LogP) is -0.922. The van der Waals surface area contributed by atoms with Gasteiger partial charge in [-0.3, -0.25) is 14.4 Å². The molecule has 0 radical (unpaired) electrons. The molecule has 1 aliphatic heterocycles. The molecule has 116 valence electrons. The Morgan fingerprint density at radius 2 is 2.05 bits per heavy atom. The summed E-state index contributed by atoms with van der Waals surface area (Å²) in [7, 11) is 0. The number of piperazine rings is 1. The van der Waals surface area contributed by atoms with Gasteiger partial charge in [-0.2, -0.15) is 0 Å². The molecule has 2 heterocycles. The first-order chi connectivity index (χ1) is 10.1. The second kappa shape index (κ2) is 7.02. The van der Waals surface area contributed by atoms with Crippen LogP contribution in [0.1, 0.15) is 6.92 Å². The van der Waals surface area contributed by atoms with Gasteiger partial charge in [0.1, 0.15) is 6.04 Å². The number of nitrogens with one attached hydrogen (secondary N) is 1. The summed E-state index contributed by atoms with van der Waals surface area (Å²) >= 11 is 0. The third-order valence-corrected chi connectivity index (χ3v) is 3.60. The van der Waals surface area contributed by atoms with E-state index in [1.54, 1.807) is 28.9 Å². The first kappa shape index (κ1) is 15.2. The van der Waals surface area contributed by atoms with Crippen molar-refractivity contribution in [2.24, 2.45) is 0 Å². The van der Waals surface area contributed by atoms with E-state index >= 15 is 0 Å². The topological polar surface area (TPSA) is 104 Å². The summed E-state index contributed by atoms with van der Waals surface area (Å²) < 4.78 is 1.65. The highest BCUT2D eigenvalue weighted by Gasteiger charge is 2.26. The molecule has 21 heavy (non-hydrogen) atoms. The molecule has 2 rings (SSSR count). The standard InChI is InChI=1S/C12H20N6O3/c1-10(11(19)20)16-6-8-17(9-7-16)12(21)13-2-4-18-5-3-14-15-18/h3,5,10H,2,4,6-9H2,1H3,(H,13,21)(H,19,20). The minimum Gasteiger partial charge on any atom is -0.480 e. The number of hydrogen-bond acceptors (Lipinski definition) is 5. The van der Waals surface area contributed by atoms with Crippen LogP contribution in [0.4, 0.5) is 4.79 Å². The molecule has 9 nitrogen and oxygen atoms in total. The second-order valence-electron chi connectivity index (χ2n) is 4.94. The SMILES string of the molecule is CC(C(=O)O)N1CCN(C(=O)NCCn2ccnn2)CC1. The maximum Gasteiger partial charge on any atom is 0.320 e. The zero-order valence-electron chi connectivity index (χ0n) is 12.0. The Balaban J connectivity index is 1.69. The number of aromatic nitrogens is 3. The Bertz CT molecular complexity index is 469. The zero-order valence-corrected chi connectivity index (χ0v) is 12.0. The quantitative estimate of drug-likeness (QED) is 0.728. The van der Waals surface area contributed by atoms with Crippen LogP contribution in [0.15, 0.2) is 12.4 Å². The minimum absolute atomic E-state index is 0.127. The molecule has 0 aromatic carbocycles. The highest BCUT2D eigenvalue weighted by Crippen LogP contribution is 2.06. The van der Waals surface area contributed by atoms with Crippen molar-refractivity contribution in [3.8, 4) is 0 Å². The van der Waals surface area contributed by atoms with Crippen LogP contribution in [-0.2, 0) is 11.3 Å². The van der Waals surface area contributed by atoms with Crippen LogP contribution in [0.5, 0.6) is 0 Å². The van der Waals surface area contributed by atoms with Gasteiger partial charge in [0.25, 0.3) is 0 Å². The molecule has 0 bridgehead atoms. The van der Waals surface area contributed by atoms with Crippen molar-refractivity contribution < 1.29 is 14.7 Å². The van der Waals surface area contributed by atoms with Gasteiger partial charge in [-0.1, -0.05) is 5.21 Å². The van der Waals surface area contributed by atoms with Gasteiger partial charge in [0.05, 0.1) is 12.7 Å². The van der Waals surface area contributed by atoms with Crippen LogP contribution < -0.4 is 5.32 Å². The van der Waals surface area contributed by atoms with E-state index in [1.807, 2.05) is 4.90 Å². The number of urea groups is 1. The fourth-order valence-corrected chi connectivity index (χ4v) is 2.21. The fourth-order valence-electron chi connectivity index (χ4n) is 2.21. The summed E-state index contributed by atoms with van der Waals surface area (Å²) in [6, 6.07) is -0.639. The number of aliphatic carboxylic acids is 1. The molecule has 2 N–H and O–H groups in total. The molecular weight excluding hydrogens is 276 g/mol. The normalized spacial score (nSPS) is 17.5. The van der Waals surface area contributed by atoms with Crippen molar-refractivity contribution in [2.45, 2.75) is 19.5 Å². The van der Waals surface area contributed by atoms with E-state index in [1.165, 1.54) is 0 Å². The lowest BCUT2D eigenvalue weighted by atomic mass is 10.2. The third-order valence-electron chi connectivity index (χ3n) is 3.60. The largest absolute Gasteiger partial charge is 0.480 e. The van der Waals surface area contributed by atoms with Crippen LogP contribution in [-0.4, -0.2) is 80.7 Å². The number of carboxylic acid groups (broad SMARTS) is 1. The summed E-state index contributed by atoms with van der Waals surface area (Å²) in [5, 5.41) is 19.3. The maximum absolute atomic E-state index is 12.0. The number of carbonyl (C=O) groups is 2. The van der Waals surface area contributed by atoms with Gasteiger partial charge in [-0.15, -0.1) is 5.10 Å². The fraction of sp³-hybridized carbons (Fsp3) is 0.667. The first-order valence-electron chi connectivity index (χ1n) is 6.91. The summed E-state index contributed by atoms with van der Waals surface area (Å²) in [5.41, 5.74) is 0. The van der Waals surface area contributed by atoms with Gasteiger partial charge < -0.3 is 15.3 Å². The predicted molar refractivity (Wildman–Crippen MR) is 73.7 cm³/mol. The summed E-state index contributed by atoms with van der Waals surface area (Å²) in [4.78, 5) is 26.5. The molecule has 1 unspecified atom stereocenters. The lowest BCUT2D eigenvalue weighted by Gasteiger charge is -2.36. The van der Waals surface area contributed by atoms with Crippen LogP contribution in [0, 0.1) is 0 Å². The molecule has 1 fully saturated rings. The second-order valence-corrected chi connectivity index (χ2v) is 4.94. The molecule has 0 saturated carbocycles. The van der Waals surface area contributed by atoms with E-state index in [-0.39, 0.29) is 6.03 Å². The van der Waals surface area contributed by atoms with E-state index in [0.717, 1.165) is 0 Å². The lowest BCUT2D eigenvalue weighted by Crippen LogP contribution is -2.55. The first-order valence-corrected chi connectivity index (χ1v) is 6.91. The molecule has 1 saturated heterocycles. The Morgan fingerprint density at radius 3 is 2.62 bits per heavy atom. The van der Waals surface area contributed by atoms with E-state index in [2.05, 4.69) is 15.6 Å². The maximum atomic E-state index is 12.0. The van der Waals surface area contributed by atoms with Gasteiger partial charge in [-0.25, -0.2) is 4.79 Å². The van der Waals surface area contributed by atoms with Crippen LogP contribution in [0.2, 0.25) is 0 Å². The van der Waals surface area contributed by atoms with Gasteiger partial charge in [0, 0.05) is 38.9 Å². The molecule has 1 aliphatic rings. The third kappa shape index (κ3) is 4.15. The number of nitrogens with zero attached hydrogens (tertiary/aromatic N) is 5. The molecule has 1 atom stereocenters. The van der Waals surface area contributed by atoms with Crippen LogP contribution in [0.3, 0.4) is 0 Å². The number of rotatable bonds is 5. The highest BCUT2D eigenvalue weighted by atomic mass is 16.4. The van der Waals surface area contributed by atoms with Gasteiger partial charge in [0.15, 0.2) is 0 Å². The average molecular weight is 296 g/mol. The van der Waals surface area contributed by atoms with Crippen LogP contribution in [0.25, 0.3) is 0 Å². The van der Waals surface area contributed by atoms with Crippen molar-refractivity contribution in [1.82, 2.24) is 30.1 Å². The molecule has 9 heteroatoms. The number of carbonyl (C=O) groups excluding carboxylic acids is 1. The molecule has 1 aromatic heterocycles. The van der Waals surface area contributed by atoms with E-state index in [9.17, 15) is 9.59 Å². The summed E-state index contributed by atoms with van der Waals surface area (Å²) in [5.74, 6) is -0.833. The van der Waals surface area contributed by atoms with Gasteiger partial charge in [0.2, 0.25) is 0 Å². The number of amides is 2. The Labute approximate surface area is 122 Å². The van der Waals surface area contributed by atoms with Gasteiger partial charge in [-0.05, 0) is 6.92 Å². The number of hydrogen-bond donors (Lipinski definition) is 2. The minimum atomic E-state index is -0.833. The van der Waals surface area contributed by atoms with Crippen molar-refractivity contribution in [1.29, 1.82) is 0 Å². The molecule has 1 aromatic rings. The van der Waals surface area contributed by atoms with E-state index in [4.69, 9.17) is 5.11 Å². The van der Waals surface area contributed by atoms with Crippen molar-refractivity contribution in [3.63, 3.8) is 0 Å². The molecular formula is C12H20N6O3. The summed E-state index contributed by atoms with van der Waals surface area (Å²) in [6.07, 6.45) is 3.32. The molecule has 0 aliphatic carbocycles. The van der Waals surface area contributed by atoms with Crippen molar-refractivity contribution in [3.05, 3.63) is 12.4 Å². The monoisotopic (exact) mass is 296 g/mol. The Kier molecular flexibility index (Phi) is 5.09. The van der Waals surface area contributed by atoms with E-state index in [0.29, 0.717) is 39.3 Å². The summed E-state index contributed by atoms with van der Waals surface area (Å²) in [6.45, 7) is 4.93. The zero-order chi connectivity index (χ0) is 15.2. The van der Waals surface area contributed by atoms with E-state index < -0.39 is 12.0 Å². The highest BCUT2D eigenvalue weighted by molar-refractivity contribution is 5.74. The van der Waals surface area contributed by atoms with Gasteiger partial charge >= 0.3 is 12.0 Å². The average Bonchev–Trinajstić information content (AvgIpc) is 2.99. The molecule has 0 spiro atoms. The molecule has 2 amide bonds. The smallest absolute Gasteiger partial charge is 0.320 e. The number of carboxylic acids is 1. The lowest BCUT2D eigenvalue weighted by molar-refractivity contribution is -0.143. The Morgan fingerprint density at radius 1 is 1.33 bits per heavy atom. The van der Waals surface area contributed by atoms with Crippen molar-refractivity contribution >= 4 is 12.0 Å². The Hall–Kier alpha value is -2.16. The van der Waals surface area contributed by atoms with Crippen LogP contribution >= 0.6 is 0 Å².